The second-order valence-electron chi connectivity index (χ2n) is 3.90. The van der Waals surface area contributed by atoms with Crippen LogP contribution in [0.2, 0.25) is 0 Å². The summed E-state index contributed by atoms with van der Waals surface area (Å²) in [6.07, 6.45) is 0.779. The molecule has 2 N–H and O–H groups in total. The number of rotatable bonds is 5. The minimum absolute atomic E-state index is 0.174. The van der Waals surface area contributed by atoms with Gasteiger partial charge in [0.1, 0.15) is 5.82 Å². The van der Waals surface area contributed by atoms with Gasteiger partial charge in [-0.1, -0.05) is 30.3 Å². The molecular weight excluding hydrogens is 217 g/mol. The molecule has 0 aliphatic heterocycles. The summed E-state index contributed by atoms with van der Waals surface area (Å²) in [5, 5.41) is 1.63. The van der Waals surface area contributed by atoms with Crippen molar-refractivity contribution in [3.05, 3.63) is 47.8 Å². The molecule has 17 heavy (non-hydrogen) atoms. The monoisotopic (exact) mass is 233 g/mol. The largest absolute Gasteiger partial charge is 0.380 e. The highest BCUT2D eigenvalue weighted by atomic mass is 19.1. The lowest BCUT2D eigenvalue weighted by atomic mass is 10.0. The smallest absolute Gasteiger partial charge is 0.131 e. The number of nitrogens with two attached hydrogens (primary N) is 1. The molecule has 0 heterocycles. The molecule has 3 heteroatoms. The van der Waals surface area contributed by atoms with Crippen molar-refractivity contribution in [3.8, 4) is 0 Å². The molecule has 0 atom stereocenters. The van der Waals surface area contributed by atoms with Gasteiger partial charge in [0.25, 0.3) is 0 Å². The SMILES string of the molecule is NCCOCCc1ccc(F)c2ccccc12. The Morgan fingerprint density at radius 2 is 1.76 bits per heavy atom. The first-order valence-corrected chi connectivity index (χ1v) is 5.77. The number of hydrogen-bond acceptors (Lipinski definition) is 2. The minimum atomic E-state index is -0.174. The zero-order valence-electron chi connectivity index (χ0n) is 9.66. The Bertz CT molecular complexity index is 499. The molecule has 0 radical (unpaired) electrons. The average molecular weight is 233 g/mol. The third-order valence-corrected chi connectivity index (χ3v) is 2.74. The van der Waals surface area contributed by atoms with Crippen LogP contribution in [0.1, 0.15) is 5.56 Å². The molecule has 2 rings (SSSR count). The van der Waals surface area contributed by atoms with Crippen LogP contribution in [0.5, 0.6) is 0 Å². The fraction of sp³-hybridized carbons (Fsp3) is 0.286. The Balaban J connectivity index is 2.20. The zero-order valence-corrected chi connectivity index (χ0v) is 9.66. The topological polar surface area (TPSA) is 35.2 Å². The number of benzene rings is 2. The second kappa shape index (κ2) is 5.75. The van der Waals surface area contributed by atoms with E-state index < -0.39 is 0 Å². The maximum absolute atomic E-state index is 13.6. The molecule has 0 unspecified atom stereocenters. The lowest BCUT2D eigenvalue weighted by Crippen LogP contribution is -2.10. The summed E-state index contributed by atoms with van der Waals surface area (Å²) < 4.78 is 18.9. The first kappa shape index (κ1) is 12.0. The second-order valence-corrected chi connectivity index (χ2v) is 3.90. The van der Waals surface area contributed by atoms with Crippen molar-refractivity contribution in [2.75, 3.05) is 19.8 Å². The van der Waals surface area contributed by atoms with Gasteiger partial charge in [0.05, 0.1) is 13.2 Å². The fourth-order valence-corrected chi connectivity index (χ4v) is 1.91. The highest BCUT2D eigenvalue weighted by Crippen LogP contribution is 2.22. The van der Waals surface area contributed by atoms with Gasteiger partial charge in [-0.3, -0.25) is 0 Å². The maximum atomic E-state index is 13.6. The minimum Gasteiger partial charge on any atom is -0.380 e. The van der Waals surface area contributed by atoms with Gasteiger partial charge in [0, 0.05) is 11.9 Å². The third kappa shape index (κ3) is 2.81. The van der Waals surface area contributed by atoms with E-state index in [1.54, 1.807) is 6.07 Å². The molecular formula is C14H16FNO. The van der Waals surface area contributed by atoms with E-state index in [9.17, 15) is 4.39 Å². The van der Waals surface area contributed by atoms with Gasteiger partial charge >= 0.3 is 0 Å². The van der Waals surface area contributed by atoms with Crippen molar-refractivity contribution in [3.63, 3.8) is 0 Å². The molecule has 0 saturated carbocycles. The van der Waals surface area contributed by atoms with Crippen molar-refractivity contribution in [2.24, 2.45) is 5.73 Å². The summed E-state index contributed by atoms with van der Waals surface area (Å²) >= 11 is 0. The molecule has 0 saturated heterocycles. The van der Waals surface area contributed by atoms with Crippen molar-refractivity contribution in [1.29, 1.82) is 0 Å². The molecule has 2 aromatic carbocycles. The fourth-order valence-electron chi connectivity index (χ4n) is 1.91. The van der Waals surface area contributed by atoms with E-state index in [0.717, 1.165) is 17.4 Å². The summed E-state index contributed by atoms with van der Waals surface area (Å²) in [7, 11) is 0. The van der Waals surface area contributed by atoms with Gasteiger partial charge in [-0.15, -0.1) is 0 Å². The number of fused-ring (bicyclic) bond motifs is 1. The van der Waals surface area contributed by atoms with E-state index in [2.05, 4.69) is 0 Å². The summed E-state index contributed by atoms with van der Waals surface area (Å²) in [5.41, 5.74) is 6.45. The Morgan fingerprint density at radius 3 is 2.53 bits per heavy atom. The molecule has 90 valence electrons. The van der Waals surface area contributed by atoms with E-state index in [1.165, 1.54) is 6.07 Å². The first-order valence-electron chi connectivity index (χ1n) is 5.77. The molecule has 2 nitrogen and oxygen atoms in total. The standard InChI is InChI=1S/C14H16FNO/c15-14-6-5-11(7-9-17-10-8-16)12-3-1-2-4-13(12)14/h1-6H,7-10,16H2. The Morgan fingerprint density at radius 1 is 1.00 bits per heavy atom. The molecule has 0 aliphatic rings. The molecule has 0 spiro atoms. The van der Waals surface area contributed by atoms with Crippen molar-refractivity contribution in [2.45, 2.75) is 6.42 Å². The Hall–Kier alpha value is -1.45. The predicted octanol–water partition coefficient (Wildman–Crippen LogP) is 2.50. The highest BCUT2D eigenvalue weighted by Gasteiger charge is 2.04. The highest BCUT2D eigenvalue weighted by molar-refractivity contribution is 5.86. The van der Waals surface area contributed by atoms with Crippen LogP contribution in [0.4, 0.5) is 4.39 Å². The van der Waals surface area contributed by atoms with Crippen LogP contribution in [-0.4, -0.2) is 19.8 Å². The first-order chi connectivity index (χ1) is 8.33. The van der Waals surface area contributed by atoms with Crippen LogP contribution < -0.4 is 5.73 Å². The van der Waals surface area contributed by atoms with Crippen molar-refractivity contribution >= 4 is 10.8 Å². The van der Waals surface area contributed by atoms with E-state index in [0.29, 0.717) is 25.1 Å². The normalized spacial score (nSPS) is 10.9. The van der Waals surface area contributed by atoms with Crippen LogP contribution >= 0.6 is 0 Å². The summed E-state index contributed by atoms with van der Waals surface area (Å²) in [6.45, 7) is 1.72. The third-order valence-electron chi connectivity index (χ3n) is 2.74. The molecule has 0 aromatic heterocycles. The molecule has 0 aliphatic carbocycles. The summed E-state index contributed by atoms with van der Waals surface area (Å²) in [5.74, 6) is -0.174. The lowest BCUT2D eigenvalue weighted by molar-refractivity contribution is 0.145. The van der Waals surface area contributed by atoms with E-state index in [1.807, 2.05) is 24.3 Å². The number of halogens is 1. The lowest BCUT2D eigenvalue weighted by Gasteiger charge is -2.07. The molecule has 0 bridgehead atoms. The zero-order chi connectivity index (χ0) is 12.1. The van der Waals surface area contributed by atoms with Crippen molar-refractivity contribution < 1.29 is 9.13 Å². The van der Waals surface area contributed by atoms with Gasteiger partial charge in [0.15, 0.2) is 0 Å². The number of ether oxygens (including phenoxy) is 1. The predicted molar refractivity (Wildman–Crippen MR) is 67.5 cm³/mol. The van der Waals surface area contributed by atoms with Gasteiger partial charge in [0.2, 0.25) is 0 Å². The van der Waals surface area contributed by atoms with E-state index >= 15 is 0 Å². The van der Waals surface area contributed by atoms with Crippen LogP contribution in [-0.2, 0) is 11.2 Å². The van der Waals surface area contributed by atoms with Gasteiger partial charge in [-0.25, -0.2) is 4.39 Å². The summed E-state index contributed by atoms with van der Waals surface area (Å²) in [4.78, 5) is 0. The van der Waals surface area contributed by atoms with Gasteiger partial charge < -0.3 is 10.5 Å². The molecule has 2 aromatic rings. The Labute approximate surface area is 100 Å². The quantitative estimate of drug-likeness (QED) is 0.805. The Kier molecular flexibility index (Phi) is 4.07. The molecule has 0 amide bonds. The molecule has 0 fully saturated rings. The van der Waals surface area contributed by atoms with Gasteiger partial charge in [-0.05, 0) is 23.4 Å². The van der Waals surface area contributed by atoms with Gasteiger partial charge in [-0.2, -0.15) is 0 Å². The number of hydrogen-bond donors (Lipinski definition) is 1. The summed E-state index contributed by atoms with van der Waals surface area (Å²) in [6, 6.07) is 10.8. The van der Waals surface area contributed by atoms with Crippen LogP contribution in [0, 0.1) is 5.82 Å². The maximum Gasteiger partial charge on any atom is 0.131 e. The van der Waals surface area contributed by atoms with Crippen molar-refractivity contribution in [1.82, 2.24) is 0 Å². The van der Waals surface area contributed by atoms with Crippen LogP contribution in [0.3, 0.4) is 0 Å². The average Bonchev–Trinajstić information content (AvgIpc) is 2.37. The van der Waals surface area contributed by atoms with Crippen LogP contribution in [0.25, 0.3) is 10.8 Å². The van der Waals surface area contributed by atoms with E-state index in [4.69, 9.17) is 10.5 Å². The van der Waals surface area contributed by atoms with E-state index in [-0.39, 0.29) is 5.82 Å². The van der Waals surface area contributed by atoms with Crippen LogP contribution in [0.15, 0.2) is 36.4 Å².